The van der Waals surface area contributed by atoms with E-state index < -0.39 is 6.04 Å². The van der Waals surface area contributed by atoms with Gasteiger partial charge in [-0.15, -0.1) is 0 Å². The number of hydrogen-bond acceptors (Lipinski definition) is 5. The zero-order valence-corrected chi connectivity index (χ0v) is 14.2. The molecule has 2 aromatic rings. The van der Waals surface area contributed by atoms with E-state index in [1.54, 1.807) is 18.1 Å². The zero-order chi connectivity index (χ0) is 17.8. The highest BCUT2D eigenvalue weighted by Gasteiger charge is 2.47. The van der Waals surface area contributed by atoms with Crippen LogP contribution in [0.5, 0.6) is 17.2 Å². The van der Waals surface area contributed by atoms with E-state index in [-0.39, 0.29) is 24.5 Å². The van der Waals surface area contributed by atoms with E-state index in [9.17, 15) is 9.59 Å². The van der Waals surface area contributed by atoms with Crippen LogP contribution in [-0.4, -0.2) is 36.5 Å². The summed E-state index contributed by atoms with van der Waals surface area (Å²) in [6, 6.07) is 10.4. The number of ketones is 1. The summed E-state index contributed by atoms with van der Waals surface area (Å²) in [6.45, 7) is 0.195. The maximum atomic E-state index is 13.0. The Morgan fingerprint density at radius 2 is 1.92 bits per heavy atom. The summed E-state index contributed by atoms with van der Waals surface area (Å²) in [6.07, 6.45) is 0.942. The molecule has 0 bridgehead atoms. The van der Waals surface area contributed by atoms with E-state index in [2.05, 4.69) is 0 Å². The number of amides is 1. The second-order valence-electron chi connectivity index (χ2n) is 6.69. The predicted octanol–water partition coefficient (Wildman–Crippen LogP) is 2.70. The lowest BCUT2D eigenvalue weighted by Gasteiger charge is -2.38. The Kier molecular flexibility index (Phi) is 3.22. The van der Waals surface area contributed by atoms with Gasteiger partial charge in [-0.1, -0.05) is 12.1 Å². The first-order chi connectivity index (χ1) is 12.7. The Morgan fingerprint density at radius 1 is 1.08 bits per heavy atom. The van der Waals surface area contributed by atoms with Crippen LogP contribution < -0.4 is 14.2 Å². The summed E-state index contributed by atoms with van der Waals surface area (Å²) >= 11 is 0. The number of hydrogen-bond donors (Lipinski definition) is 0. The van der Waals surface area contributed by atoms with Gasteiger partial charge in [0.05, 0.1) is 19.2 Å². The second-order valence-corrected chi connectivity index (χ2v) is 6.69. The standard InChI is InChI=1S/C20H17NO5/c1-24-12-3-4-13-14(9-12)20(23)15-5-7-18(22)21(15)19(13)11-2-6-16-17(8-11)26-10-25-16/h2-4,6,8-9,15,19H,5,7,10H2,1H3/t15-,19-/m1/s1. The van der Waals surface area contributed by atoms with Crippen LogP contribution in [0.25, 0.3) is 0 Å². The van der Waals surface area contributed by atoms with Crippen molar-refractivity contribution in [3.63, 3.8) is 0 Å². The molecular formula is C20H17NO5. The van der Waals surface area contributed by atoms with Crippen LogP contribution in [0.3, 0.4) is 0 Å². The molecule has 0 unspecified atom stereocenters. The first-order valence-electron chi connectivity index (χ1n) is 8.60. The van der Waals surface area contributed by atoms with Gasteiger partial charge in [0, 0.05) is 12.0 Å². The van der Waals surface area contributed by atoms with E-state index in [0.29, 0.717) is 35.7 Å². The highest BCUT2D eigenvalue weighted by atomic mass is 16.7. The molecule has 1 amide bonds. The molecule has 6 nitrogen and oxygen atoms in total. The molecule has 1 saturated heterocycles. The van der Waals surface area contributed by atoms with E-state index in [4.69, 9.17) is 14.2 Å². The number of Topliss-reactive ketones (excluding diaryl/α,β-unsaturated/α-hetero) is 1. The van der Waals surface area contributed by atoms with Crippen LogP contribution in [0, 0.1) is 0 Å². The number of carbonyl (C=O) groups is 2. The van der Waals surface area contributed by atoms with Crippen LogP contribution in [0.2, 0.25) is 0 Å². The minimum Gasteiger partial charge on any atom is -0.497 e. The van der Waals surface area contributed by atoms with Crippen molar-refractivity contribution in [2.45, 2.75) is 24.9 Å². The van der Waals surface area contributed by atoms with Crippen LogP contribution in [0.1, 0.15) is 40.4 Å². The van der Waals surface area contributed by atoms with Gasteiger partial charge in [0.25, 0.3) is 0 Å². The molecule has 6 heteroatoms. The Morgan fingerprint density at radius 3 is 2.77 bits per heavy atom. The monoisotopic (exact) mass is 351 g/mol. The maximum absolute atomic E-state index is 13.0. The normalized spacial score (nSPS) is 23.0. The van der Waals surface area contributed by atoms with Crippen molar-refractivity contribution in [1.82, 2.24) is 4.90 Å². The Bertz CT molecular complexity index is 938. The number of fused-ring (bicyclic) bond motifs is 3. The summed E-state index contributed by atoms with van der Waals surface area (Å²) < 4.78 is 16.2. The fourth-order valence-corrected chi connectivity index (χ4v) is 4.15. The number of benzene rings is 2. The van der Waals surface area contributed by atoms with E-state index in [0.717, 1.165) is 11.1 Å². The Hall–Kier alpha value is -3.02. The van der Waals surface area contributed by atoms with E-state index in [1.807, 2.05) is 30.3 Å². The highest BCUT2D eigenvalue weighted by Crippen LogP contribution is 2.45. The lowest BCUT2D eigenvalue weighted by Crippen LogP contribution is -2.46. The number of nitrogens with zero attached hydrogens (tertiary/aromatic N) is 1. The van der Waals surface area contributed by atoms with Gasteiger partial charge in [-0.2, -0.15) is 0 Å². The summed E-state index contributed by atoms with van der Waals surface area (Å²) in [7, 11) is 1.58. The van der Waals surface area contributed by atoms with Crippen molar-refractivity contribution >= 4 is 11.7 Å². The minimum atomic E-state index is -0.419. The molecule has 132 valence electrons. The maximum Gasteiger partial charge on any atom is 0.231 e. The molecule has 2 aromatic carbocycles. The molecule has 1 fully saturated rings. The van der Waals surface area contributed by atoms with Crippen molar-refractivity contribution in [2.24, 2.45) is 0 Å². The molecule has 0 saturated carbocycles. The molecule has 3 aliphatic heterocycles. The summed E-state index contributed by atoms with van der Waals surface area (Å²) in [4.78, 5) is 27.3. The van der Waals surface area contributed by atoms with Crippen LogP contribution in [0.4, 0.5) is 0 Å². The highest BCUT2D eigenvalue weighted by molar-refractivity contribution is 6.06. The quantitative estimate of drug-likeness (QED) is 0.832. The van der Waals surface area contributed by atoms with Gasteiger partial charge in [0.2, 0.25) is 12.7 Å². The fraction of sp³-hybridized carbons (Fsp3) is 0.300. The van der Waals surface area contributed by atoms with Gasteiger partial charge in [0.1, 0.15) is 5.75 Å². The van der Waals surface area contributed by atoms with Crippen LogP contribution >= 0.6 is 0 Å². The van der Waals surface area contributed by atoms with Gasteiger partial charge in [-0.05, 0) is 41.8 Å². The van der Waals surface area contributed by atoms with Gasteiger partial charge >= 0.3 is 0 Å². The Balaban J connectivity index is 1.70. The molecule has 0 radical (unpaired) electrons. The summed E-state index contributed by atoms with van der Waals surface area (Å²) in [5, 5.41) is 0. The van der Waals surface area contributed by atoms with Gasteiger partial charge in [0.15, 0.2) is 17.3 Å². The molecule has 2 atom stereocenters. The van der Waals surface area contributed by atoms with E-state index in [1.165, 1.54) is 0 Å². The van der Waals surface area contributed by atoms with E-state index >= 15 is 0 Å². The average Bonchev–Trinajstić information content (AvgIpc) is 3.28. The first-order valence-corrected chi connectivity index (χ1v) is 8.60. The van der Waals surface area contributed by atoms with Crippen molar-refractivity contribution < 1.29 is 23.8 Å². The number of carbonyl (C=O) groups excluding carboxylic acids is 2. The largest absolute Gasteiger partial charge is 0.497 e. The van der Waals surface area contributed by atoms with Gasteiger partial charge in [-0.3, -0.25) is 9.59 Å². The van der Waals surface area contributed by atoms with Crippen molar-refractivity contribution in [3.8, 4) is 17.2 Å². The SMILES string of the molecule is COc1ccc2c(c1)C(=O)[C@H]1CCC(=O)N1[C@@H]2c1ccc2c(c1)OCO2. The lowest BCUT2D eigenvalue weighted by molar-refractivity contribution is -0.130. The summed E-state index contributed by atoms with van der Waals surface area (Å²) in [5.41, 5.74) is 2.36. The molecule has 0 aliphatic carbocycles. The molecule has 26 heavy (non-hydrogen) atoms. The van der Waals surface area contributed by atoms with Gasteiger partial charge in [-0.25, -0.2) is 0 Å². The molecule has 3 aliphatic rings. The number of methoxy groups -OCH3 is 1. The number of rotatable bonds is 2. The van der Waals surface area contributed by atoms with Crippen molar-refractivity contribution in [3.05, 3.63) is 53.1 Å². The minimum absolute atomic E-state index is 0.00693. The van der Waals surface area contributed by atoms with Gasteiger partial charge < -0.3 is 19.1 Å². The smallest absolute Gasteiger partial charge is 0.231 e. The molecule has 0 N–H and O–H groups in total. The fourth-order valence-electron chi connectivity index (χ4n) is 4.15. The Labute approximate surface area is 150 Å². The third-order valence-electron chi connectivity index (χ3n) is 5.37. The van der Waals surface area contributed by atoms with Crippen LogP contribution in [-0.2, 0) is 4.79 Å². The second kappa shape index (κ2) is 5.49. The molecular weight excluding hydrogens is 334 g/mol. The zero-order valence-electron chi connectivity index (χ0n) is 14.2. The molecule has 0 spiro atoms. The van der Waals surface area contributed by atoms with Crippen molar-refractivity contribution in [1.29, 1.82) is 0 Å². The summed E-state index contributed by atoms with van der Waals surface area (Å²) in [5.74, 6) is 1.99. The topological polar surface area (TPSA) is 65.1 Å². The third-order valence-corrected chi connectivity index (χ3v) is 5.37. The predicted molar refractivity (Wildman–Crippen MR) is 91.6 cm³/mol. The first kappa shape index (κ1) is 15.3. The lowest BCUT2D eigenvalue weighted by atomic mass is 9.84. The molecule has 5 rings (SSSR count). The third kappa shape index (κ3) is 2.05. The average molecular weight is 351 g/mol. The molecule has 3 heterocycles. The number of ether oxygens (including phenoxy) is 3. The molecule has 0 aromatic heterocycles. The van der Waals surface area contributed by atoms with Crippen molar-refractivity contribution in [2.75, 3.05) is 13.9 Å². The van der Waals surface area contributed by atoms with Crippen LogP contribution in [0.15, 0.2) is 36.4 Å².